The number of hydrogen-bond donors (Lipinski definition) is 1. The molecule has 1 atom stereocenters. The largest absolute Gasteiger partial charge is 0.339 e. The van der Waals surface area contributed by atoms with Crippen LogP contribution in [-0.4, -0.2) is 23.2 Å². The van der Waals surface area contributed by atoms with E-state index in [4.69, 9.17) is 5.89 Å². The van der Waals surface area contributed by atoms with E-state index < -0.39 is 0 Å². The summed E-state index contributed by atoms with van der Waals surface area (Å²) in [5.41, 5.74) is 0. The van der Waals surface area contributed by atoms with E-state index in [0.29, 0.717) is 17.6 Å². The van der Waals surface area contributed by atoms with Crippen molar-refractivity contribution in [3.05, 3.63) is 11.7 Å². The zero-order valence-corrected chi connectivity index (χ0v) is 6.92. The Morgan fingerprint density at radius 2 is 2.75 bits per heavy atom. The first-order valence-electron chi connectivity index (χ1n) is 4.93. The van der Waals surface area contributed by atoms with Crippen LogP contribution in [0.1, 0.15) is 31.8 Å². The van der Waals surface area contributed by atoms with Crippen LogP contribution in [0.15, 0.2) is 4.52 Å². The van der Waals surface area contributed by atoms with Gasteiger partial charge in [-0.3, -0.25) is 0 Å². The molecule has 1 aliphatic heterocycles. The third-order valence-electron chi connectivity index (χ3n) is 2.13. The Bertz CT molecular complexity index is 270. The van der Waals surface area contributed by atoms with Gasteiger partial charge in [0.1, 0.15) is 0 Å². The summed E-state index contributed by atoms with van der Waals surface area (Å²) in [6.07, 6.45) is 2.26. The zero-order valence-electron chi connectivity index (χ0n) is 7.92. The van der Waals surface area contributed by atoms with E-state index in [2.05, 4.69) is 15.5 Å². The van der Waals surface area contributed by atoms with Gasteiger partial charge in [-0.25, -0.2) is 0 Å². The lowest BCUT2D eigenvalue weighted by atomic mass is 10.00. The Labute approximate surface area is 72.8 Å². The summed E-state index contributed by atoms with van der Waals surface area (Å²) < 4.78 is 12.1. The molecule has 1 saturated heterocycles. The van der Waals surface area contributed by atoms with Crippen LogP contribution >= 0.6 is 0 Å². The van der Waals surface area contributed by atoms with Crippen LogP contribution in [-0.2, 0) is 0 Å². The average molecular weight is 168 g/mol. The molecule has 2 rings (SSSR count). The standard InChI is InChI=1S/C8H13N3O/c1-6-10-8(12-11-6)7-3-2-4-9-5-7/h7,9H,2-5H2,1H3/t7-/m1/s1/i1D. The van der Waals surface area contributed by atoms with Gasteiger partial charge in [0.15, 0.2) is 5.82 Å². The van der Waals surface area contributed by atoms with Crippen LogP contribution in [0.3, 0.4) is 0 Å². The number of aromatic nitrogens is 2. The fraction of sp³-hybridized carbons (Fsp3) is 0.750. The second-order valence-electron chi connectivity index (χ2n) is 3.09. The molecule has 1 aliphatic rings. The van der Waals surface area contributed by atoms with Crippen LogP contribution in [0, 0.1) is 6.90 Å². The van der Waals surface area contributed by atoms with E-state index in [0.717, 1.165) is 25.9 Å². The van der Waals surface area contributed by atoms with Gasteiger partial charge in [0.25, 0.3) is 0 Å². The smallest absolute Gasteiger partial charge is 0.231 e. The van der Waals surface area contributed by atoms with E-state index in [-0.39, 0.29) is 6.90 Å². The monoisotopic (exact) mass is 168 g/mol. The van der Waals surface area contributed by atoms with Gasteiger partial charge in [0.2, 0.25) is 5.89 Å². The molecule has 66 valence electrons. The van der Waals surface area contributed by atoms with Crippen molar-refractivity contribution in [3.8, 4) is 0 Å². The molecule has 1 aromatic heterocycles. The van der Waals surface area contributed by atoms with Gasteiger partial charge >= 0.3 is 0 Å². The minimum Gasteiger partial charge on any atom is -0.339 e. The van der Waals surface area contributed by atoms with E-state index in [1.807, 2.05) is 0 Å². The predicted octanol–water partition coefficient (Wildman–Crippen LogP) is 0.845. The number of hydrogen-bond acceptors (Lipinski definition) is 4. The number of rotatable bonds is 1. The van der Waals surface area contributed by atoms with Gasteiger partial charge in [0.05, 0.1) is 5.92 Å². The quantitative estimate of drug-likeness (QED) is 0.675. The molecule has 1 N–H and O–H groups in total. The van der Waals surface area contributed by atoms with Crippen molar-refractivity contribution in [2.75, 3.05) is 13.1 Å². The lowest BCUT2D eigenvalue weighted by Gasteiger charge is -2.18. The Balaban J connectivity index is 2.05. The number of nitrogens with one attached hydrogen (secondary N) is 1. The number of aryl methyl sites for hydroxylation is 1. The van der Waals surface area contributed by atoms with Crippen LogP contribution in [0.4, 0.5) is 0 Å². The molecule has 4 heteroatoms. The fourth-order valence-electron chi connectivity index (χ4n) is 1.50. The maximum absolute atomic E-state index is 7.07. The summed E-state index contributed by atoms with van der Waals surface area (Å²) in [7, 11) is 0. The molecular formula is C8H13N3O. The molecule has 0 radical (unpaired) electrons. The SMILES string of the molecule is [2H]Cc1noc([C@@H]2CCCNC2)n1. The number of nitrogens with zero attached hydrogens (tertiary/aromatic N) is 2. The van der Waals surface area contributed by atoms with E-state index >= 15 is 0 Å². The minimum absolute atomic E-state index is 0.101. The summed E-state index contributed by atoms with van der Waals surface area (Å²) in [4.78, 5) is 4.15. The van der Waals surface area contributed by atoms with E-state index in [9.17, 15) is 0 Å². The molecule has 1 aromatic rings. The summed E-state index contributed by atoms with van der Waals surface area (Å²) in [6, 6.07) is 0. The molecule has 0 aromatic carbocycles. The van der Waals surface area contributed by atoms with Gasteiger partial charge in [-0.2, -0.15) is 4.98 Å². The highest BCUT2D eigenvalue weighted by Gasteiger charge is 2.20. The minimum atomic E-state index is 0.101. The van der Waals surface area contributed by atoms with Crippen molar-refractivity contribution < 1.29 is 5.89 Å². The molecule has 12 heavy (non-hydrogen) atoms. The average Bonchev–Trinajstić information content (AvgIpc) is 2.67. The molecule has 0 bridgehead atoms. The van der Waals surface area contributed by atoms with Gasteiger partial charge in [-0.1, -0.05) is 5.16 Å². The predicted molar refractivity (Wildman–Crippen MR) is 43.9 cm³/mol. The molecule has 0 amide bonds. The molecular weight excluding hydrogens is 154 g/mol. The molecule has 0 aliphatic carbocycles. The first kappa shape index (κ1) is 6.60. The Hall–Kier alpha value is -0.900. The molecule has 0 spiro atoms. The van der Waals surface area contributed by atoms with Crippen molar-refractivity contribution >= 4 is 0 Å². The summed E-state index contributed by atoms with van der Waals surface area (Å²) >= 11 is 0. The van der Waals surface area contributed by atoms with Gasteiger partial charge in [-0.15, -0.1) is 0 Å². The molecule has 0 unspecified atom stereocenters. The van der Waals surface area contributed by atoms with Crippen molar-refractivity contribution in [1.29, 1.82) is 0 Å². The highest BCUT2D eigenvalue weighted by molar-refractivity contribution is 4.95. The Kier molecular flexibility index (Phi) is 1.77. The third-order valence-corrected chi connectivity index (χ3v) is 2.13. The fourth-order valence-corrected chi connectivity index (χ4v) is 1.50. The van der Waals surface area contributed by atoms with E-state index in [1.165, 1.54) is 0 Å². The second kappa shape index (κ2) is 3.23. The van der Waals surface area contributed by atoms with Gasteiger partial charge < -0.3 is 9.84 Å². The van der Waals surface area contributed by atoms with Crippen molar-refractivity contribution in [3.63, 3.8) is 0 Å². The molecule has 4 nitrogen and oxygen atoms in total. The van der Waals surface area contributed by atoms with Crippen LogP contribution < -0.4 is 5.32 Å². The van der Waals surface area contributed by atoms with Gasteiger partial charge in [-0.05, 0) is 26.3 Å². The Morgan fingerprint density at radius 1 is 1.75 bits per heavy atom. The van der Waals surface area contributed by atoms with Crippen LogP contribution in [0.2, 0.25) is 0 Å². The summed E-state index contributed by atoms with van der Waals surface area (Å²) in [5.74, 6) is 1.52. The number of piperidine rings is 1. The highest BCUT2D eigenvalue weighted by atomic mass is 16.5. The zero-order chi connectivity index (χ0) is 9.10. The lowest BCUT2D eigenvalue weighted by molar-refractivity contribution is 0.321. The van der Waals surface area contributed by atoms with Gasteiger partial charge in [0, 0.05) is 7.92 Å². The molecule has 2 heterocycles. The first-order valence-corrected chi connectivity index (χ1v) is 4.22. The maximum Gasteiger partial charge on any atom is 0.231 e. The van der Waals surface area contributed by atoms with Crippen molar-refractivity contribution in [2.24, 2.45) is 0 Å². The molecule has 1 fully saturated rings. The van der Waals surface area contributed by atoms with Crippen LogP contribution in [0.25, 0.3) is 0 Å². The van der Waals surface area contributed by atoms with E-state index in [1.54, 1.807) is 0 Å². The topological polar surface area (TPSA) is 51.0 Å². The lowest BCUT2D eigenvalue weighted by Crippen LogP contribution is -2.28. The summed E-state index contributed by atoms with van der Waals surface area (Å²) in [6.45, 7) is 2.10. The highest BCUT2D eigenvalue weighted by Crippen LogP contribution is 2.20. The summed E-state index contributed by atoms with van der Waals surface area (Å²) in [5, 5.41) is 6.99. The van der Waals surface area contributed by atoms with Crippen LogP contribution in [0.5, 0.6) is 0 Å². The maximum atomic E-state index is 7.07. The second-order valence-corrected chi connectivity index (χ2v) is 3.09. The molecule has 0 saturated carbocycles. The third kappa shape index (κ3) is 1.48. The van der Waals surface area contributed by atoms with Crippen molar-refractivity contribution in [1.82, 2.24) is 15.5 Å². The Morgan fingerprint density at radius 3 is 3.42 bits per heavy atom. The normalized spacial score (nSPS) is 25.3. The van der Waals surface area contributed by atoms with Crippen molar-refractivity contribution in [2.45, 2.75) is 25.7 Å². The first-order chi connectivity index (χ1) is 6.40.